The highest BCUT2D eigenvalue weighted by molar-refractivity contribution is 7.90. The number of aromatic nitrogens is 1. The number of fused-ring (bicyclic) bond motifs is 2. The van der Waals surface area contributed by atoms with Gasteiger partial charge in [0.2, 0.25) is 5.91 Å². The summed E-state index contributed by atoms with van der Waals surface area (Å²) in [5.41, 5.74) is 5.28. The van der Waals surface area contributed by atoms with E-state index >= 15 is 0 Å². The van der Waals surface area contributed by atoms with Crippen molar-refractivity contribution in [3.8, 4) is 11.3 Å². The van der Waals surface area contributed by atoms with Crippen LogP contribution in [0.2, 0.25) is 0 Å². The molecular weight excluding hydrogens is 590 g/mol. The Morgan fingerprint density at radius 1 is 1.13 bits per heavy atom. The van der Waals surface area contributed by atoms with Crippen LogP contribution in [0.4, 0.5) is 5.69 Å². The second-order valence-electron chi connectivity index (χ2n) is 13.7. The van der Waals surface area contributed by atoms with Crippen molar-refractivity contribution in [2.24, 2.45) is 5.41 Å². The van der Waals surface area contributed by atoms with E-state index < -0.39 is 33.5 Å². The molecule has 0 bridgehead atoms. The van der Waals surface area contributed by atoms with E-state index in [1.165, 1.54) is 19.1 Å². The average molecular weight is 638 g/mol. The van der Waals surface area contributed by atoms with Gasteiger partial charge in [-0.2, -0.15) is 0 Å². The van der Waals surface area contributed by atoms with Crippen molar-refractivity contribution in [2.75, 3.05) is 32.9 Å². The first-order chi connectivity index (χ1) is 21.4. The number of ether oxygens (including phenoxy) is 3. The second kappa shape index (κ2) is 13.5. The zero-order chi connectivity index (χ0) is 32.5. The fourth-order valence-electron chi connectivity index (χ4n) is 6.68. The minimum absolute atomic E-state index is 0.135. The zero-order valence-electron chi connectivity index (χ0n) is 27.6. The fraction of sp³-hybridized carbons (Fsp3) is 0.543. The van der Waals surface area contributed by atoms with Gasteiger partial charge in [0.25, 0.3) is 0 Å². The van der Waals surface area contributed by atoms with Crippen molar-refractivity contribution in [2.45, 2.75) is 90.0 Å². The molecule has 2 N–H and O–H groups in total. The molecule has 1 aliphatic carbocycles. The molecule has 2 atom stereocenters. The minimum Gasteiger partial charge on any atom is -0.598 e. The number of carbonyl (C=O) groups is 2. The summed E-state index contributed by atoms with van der Waals surface area (Å²) in [6.07, 6.45) is 5.64. The molecule has 5 rings (SSSR count). The summed E-state index contributed by atoms with van der Waals surface area (Å²) < 4.78 is 34.5. The van der Waals surface area contributed by atoms with E-state index in [0.717, 1.165) is 59.1 Å². The molecule has 2 heterocycles. The third-order valence-corrected chi connectivity index (χ3v) is 10.8. The number of rotatable bonds is 10. The van der Waals surface area contributed by atoms with Crippen molar-refractivity contribution >= 4 is 39.8 Å². The molecule has 2 unspecified atom stereocenters. The Morgan fingerprint density at radius 3 is 2.53 bits per heavy atom. The van der Waals surface area contributed by atoms with Gasteiger partial charge in [-0.15, -0.1) is 4.72 Å². The third kappa shape index (κ3) is 6.53. The van der Waals surface area contributed by atoms with Gasteiger partial charge >= 0.3 is 5.97 Å². The largest absolute Gasteiger partial charge is 0.598 e. The summed E-state index contributed by atoms with van der Waals surface area (Å²) in [5, 5.41) is 4.34. The quantitative estimate of drug-likeness (QED) is 0.108. The van der Waals surface area contributed by atoms with Crippen LogP contribution in [0, 0.1) is 5.41 Å². The van der Waals surface area contributed by atoms with Crippen molar-refractivity contribution in [3.05, 3.63) is 53.1 Å². The molecule has 10 heteroatoms. The summed E-state index contributed by atoms with van der Waals surface area (Å²) in [6.45, 7) is 10.6. The Morgan fingerprint density at radius 2 is 1.87 bits per heavy atom. The number of hydrogen-bond donors (Lipinski definition) is 2. The monoisotopic (exact) mass is 637 g/mol. The highest BCUT2D eigenvalue weighted by Crippen LogP contribution is 2.50. The van der Waals surface area contributed by atoms with Crippen molar-refractivity contribution in [1.82, 2.24) is 9.29 Å². The number of nitrogens with one attached hydrogen (secondary N) is 2. The molecule has 0 radical (unpaired) electrons. The molecule has 1 amide bonds. The van der Waals surface area contributed by atoms with Gasteiger partial charge in [0.05, 0.1) is 42.1 Å². The maximum atomic E-state index is 13.8. The lowest BCUT2D eigenvalue weighted by Crippen LogP contribution is -2.51. The van der Waals surface area contributed by atoms with Crippen LogP contribution in [0.1, 0.15) is 100 Å². The smallest absolute Gasteiger partial charge is 0.337 e. The van der Waals surface area contributed by atoms with Gasteiger partial charge in [0.1, 0.15) is 11.5 Å². The first kappa shape index (κ1) is 33.5. The topological polar surface area (TPSA) is 114 Å². The van der Waals surface area contributed by atoms with Gasteiger partial charge in [-0.1, -0.05) is 43.5 Å². The van der Waals surface area contributed by atoms with Crippen LogP contribution in [-0.4, -0.2) is 53.4 Å². The molecule has 2 aromatic carbocycles. The Hall–Kier alpha value is -2.89. The Balaban J connectivity index is 1.78. The molecule has 45 heavy (non-hydrogen) atoms. The first-order valence-electron chi connectivity index (χ1n) is 15.8. The SMILES string of the molecule is COCOCCn1c(-c2cccc3c2NC(=O)C(C)(C)C3N[S+]([O-])C(C)(C)C)c(C2CCCCC2)c2ccc(C(=O)OC)cc21. The number of methoxy groups -OCH3 is 2. The number of nitrogens with zero attached hydrogens (tertiary/aromatic N) is 1. The predicted octanol–water partition coefficient (Wildman–Crippen LogP) is 6.83. The van der Waals surface area contributed by atoms with Crippen LogP contribution >= 0.6 is 0 Å². The first-order valence-corrected chi connectivity index (χ1v) is 17.0. The summed E-state index contributed by atoms with van der Waals surface area (Å²) in [7, 11) is 2.98. The van der Waals surface area contributed by atoms with Crippen LogP contribution in [0.5, 0.6) is 0 Å². The van der Waals surface area contributed by atoms with Crippen molar-refractivity contribution in [1.29, 1.82) is 0 Å². The van der Waals surface area contributed by atoms with Crippen molar-refractivity contribution < 1.29 is 28.4 Å². The highest BCUT2D eigenvalue weighted by atomic mass is 32.2. The van der Waals surface area contributed by atoms with E-state index in [-0.39, 0.29) is 12.7 Å². The molecule has 1 saturated carbocycles. The number of amides is 1. The number of benzene rings is 2. The zero-order valence-corrected chi connectivity index (χ0v) is 28.4. The Kier molecular flexibility index (Phi) is 10.0. The second-order valence-corrected chi connectivity index (χ2v) is 15.7. The molecule has 0 spiro atoms. The summed E-state index contributed by atoms with van der Waals surface area (Å²) >= 11 is -1.40. The molecule has 9 nitrogen and oxygen atoms in total. The summed E-state index contributed by atoms with van der Waals surface area (Å²) in [6, 6.07) is 11.4. The number of para-hydroxylation sites is 1. The number of esters is 1. The fourth-order valence-corrected chi connectivity index (χ4v) is 7.67. The lowest BCUT2D eigenvalue weighted by molar-refractivity contribution is -0.125. The van der Waals surface area contributed by atoms with Gasteiger partial charge in [0, 0.05) is 41.5 Å². The molecule has 244 valence electrons. The lowest BCUT2D eigenvalue weighted by Gasteiger charge is -2.41. The van der Waals surface area contributed by atoms with Gasteiger partial charge in [-0.3, -0.25) is 4.79 Å². The molecule has 1 aromatic heterocycles. The number of carbonyl (C=O) groups excluding carboxylic acids is 2. The van der Waals surface area contributed by atoms with Crippen LogP contribution in [0.15, 0.2) is 36.4 Å². The average Bonchev–Trinajstić information content (AvgIpc) is 3.34. The maximum Gasteiger partial charge on any atom is 0.337 e. The van der Waals surface area contributed by atoms with E-state index in [9.17, 15) is 14.1 Å². The normalized spacial score (nSPS) is 19.3. The third-order valence-electron chi connectivity index (χ3n) is 9.19. The molecule has 0 saturated heterocycles. The molecule has 2 aliphatic rings. The van der Waals surface area contributed by atoms with Crippen LogP contribution in [-0.2, 0) is 36.9 Å². The standard InChI is InChI=1S/C35H47N3O6S/c1-34(2,3)45(41)37-31-26-15-11-14-25(29(26)36-33(40)35(31,4)5)30-28(22-12-9-8-10-13-22)24-17-16-23(32(39)43-7)20-27(24)38(30)18-19-44-21-42-6/h11,14-17,20,22,31,37H,8-10,12-13,18-19,21H2,1-7H3,(H,36,40). The van der Waals surface area contributed by atoms with E-state index in [1.54, 1.807) is 7.11 Å². The summed E-state index contributed by atoms with van der Waals surface area (Å²) in [4.78, 5) is 26.5. The Bertz CT molecular complexity index is 1550. The van der Waals surface area contributed by atoms with E-state index in [0.29, 0.717) is 24.6 Å². The van der Waals surface area contributed by atoms with Gasteiger partial charge in [-0.05, 0) is 76.6 Å². The van der Waals surface area contributed by atoms with E-state index in [1.807, 2.05) is 65.0 Å². The van der Waals surface area contributed by atoms with Crippen LogP contribution < -0.4 is 10.0 Å². The maximum absolute atomic E-state index is 13.8. The predicted molar refractivity (Wildman–Crippen MR) is 179 cm³/mol. The van der Waals surface area contributed by atoms with Gasteiger partial charge in [-0.25, -0.2) is 4.79 Å². The van der Waals surface area contributed by atoms with Gasteiger partial charge < -0.3 is 28.6 Å². The number of hydrogen-bond acceptors (Lipinski definition) is 7. The molecule has 3 aromatic rings. The van der Waals surface area contributed by atoms with Crippen molar-refractivity contribution in [3.63, 3.8) is 0 Å². The van der Waals surface area contributed by atoms with E-state index in [2.05, 4.69) is 20.7 Å². The van der Waals surface area contributed by atoms with Gasteiger partial charge in [0.15, 0.2) is 0 Å². The Labute approximate surface area is 269 Å². The minimum atomic E-state index is -1.40. The highest BCUT2D eigenvalue weighted by Gasteiger charge is 2.47. The molecule has 1 aliphatic heterocycles. The summed E-state index contributed by atoms with van der Waals surface area (Å²) in [5.74, 6) is -0.215. The van der Waals surface area contributed by atoms with Crippen LogP contribution in [0.3, 0.4) is 0 Å². The van der Waals surface area contributed by atoms with E-state index in [4.69, 9.17) is 14.2 Å². The molecule has 1 fully saturated rings. The molecular formula is C35H47N3O6S. The van der Waals surface area contributed by atoms with Crippen LogP contribution in [0.25, 0.3) is 22.2 Å². The lowest BCUT2D eigenvalue weighted by atomic mass is 9.75. The number of anilines is 1.